The van der Waals surface area contributed by atoms with Crippen LogP contribution in [0.3, 0.4) is 0 Å². The zero-order chi connectivity index (χ0) is 15.6. The molecule has 0 unspecified atom stereocenters. The van der Waals surface area contributed by atoms with E-state index >= 15 is 0 Å². The van der Waals surface area contributed by atoms with E-state index in [2.05, 4.69) is 39.3 Å². The third-order valence-electron chi connectivity index (χ3n) is 3.10. The summed E-state index contributed by atoms with van der Waals surface area (Å²) in [4.78, 5) is 20.7. The van der Waals surface area contributed by atoms with Crippen LogP contribution < -0.4 is 11.0 Å². The van der Waals surface area contributed by atoms with Crippen LogP contribution in [-0.2, 0) is 6.54 Å². The lowest BCUT2D eigenvalue weighted by Crippen LogP contribution is -2.16. The van der Waals surface area contributed by atoms with E-state index in [9.17, 15) is 4.79 Å². The number of hydrogen-bond acceptors (Lipinski definition) is 6. The van der Waals surface area contributed by atoms with E-state index in [1.807, 2.05) is 20.9 Å². The van der Waals surface area contributed by atoms with Crippen LogP contribution in [0.15, 0.2) is 15.0 Å². The van der Waals surface area contributed by atoms with Crippen molar-refractivity contribution in [1.29, 1.82) is 0 Å². The Labute approximate surface area is 127 Å². The molecule has 0 radical (unpaired) electrons. The van der Waals surface area contributed by atoms with Crippen LogP contribution in [0.2, 0.25) is 0 Å². The van der Waals surface area contributed by atoms with Crippen molar-refractivity contribution in [2.45, 2.75) is 50.3 Å². The molecule has 0 aromatic carbocycles. The van der Waals surface area contributed by atoms with E-state index in [1.165, 1.54) is 11.8 Å². The minimum absolute atomic E-state index is 0.204. The molecule has 0 saturated heterocycles. The van der Waals surface area contributed by atoms with Gasteiger partial charge in [-0.05, 0) is 25.6 Å². The first kappa shape index (κ1) is 15.6. The van der Waals surface area contributed by atoms with Gasteiger partial charge in [0.25, 0.3) is 0 Å². The first-order valence-corrected chi connectivity index (χ1v) is 7.68. The molecule has 0 amide bonds. The molecule has 0 atom stereocenters. The Morgan fingerprint density at radius 1 is 1.38 bits per heavy atom. The lowest BCUT2D eigenvalue weighted by Gasteiger charge is -2.13. The Kier molecular flexibility index (Phi) is 4.66. The van der Waals surface area contributed by atoms with Crippen molar-refractivity contribution in [3.63, 3.8) is 0 Å². The van der Waals surface area contributed by atoms with Crippen molar-refractivity contribution in [2.75, 3.05) is 12.4 Å². The van der Waals surface area contributed by atoms with Gasteiger partial charge < -0.3 is 5.32 Å². The molecule has 8 heteroatoms. The SMILES string of the molecule is CCn1c(Sc2nc(C(C)C)nc(NC)c2C)n[nH]c1=O. The zero-order valence-corrected chi connectivity index (χ0v) is 13.7. The number of rotatable bonds is 5. The molecule has 2 aromatic rings. The van der Waals surface area contributed by atoms with Gasteiger partial charge in [-0.3, -0.25) is 4.57 Å². The highest BCUT2D eigenvalue weighted by molar-refractivity contribution is 7.99. The molecule has 2 heterocycles. The second-order valence-electron chi connectivity index (χ2n) is 4.92. The van der Waals surface area contributed by atoms with Gasteiger partial charge in [0, 0.05) is 25.1 Å². The quantitative estimate of drug-likeness (QED) is 0.821. The number of H-pyrrole nitrogens is 1. The van der Waals surface area contributed by atoms with Gasteiger partial charge in [0.05, 0.1) is 0 Å². The summed E-state index contributed by atoms with van der Waals surface area (Å²) in [6.45, 7) is 8.54. The molecular weight excluding hydrogens is 288 g/mol. The number of nitrogens with zero attached hydrogens (tertiary/aromatic N) is 4. The van der Waals surface area contributed by atoms with Crippen molar-refractivity contribution in [2.24, 2.45) is 0 Å². The van der Waals surface area contributed by atoms with E-state index in [4.69, 9.17) is 0 Å². The van der Waals surface area contributed by atoms with Crippen LogP contribution in [0.5, 0.6) is 0 Å². The van der Waals surface area contributed by atoms with Crippen LogP contribution in [0.4, 0.5) is 5.82 Å². The first-order valence-electron chi connectivity index (χ1n) is 6.87. The molecule has 114 valence electrons. The maximum absolute atomic E-state index is 11.6. The van der Waals surface area contributed by atoms with E-state index in [0.29, 0.717) is 11.7 Å². The lowest BCUT2D eigenvalue weighted by molar-refractivity contribution is 0.659. The van der Waals surface area contributed by atoms with Crippen LogP contribution in [0.25, 0.3) is 0 Å². The van der Waals surface area contributed by atoms with Crippen molar-refractivity contribution in [1.82, 2.24) is 24.7 Å². The molecule has 7 nitrogen and oxygen atoms in total. The van der Waals surface area contributed by atoms with Crippen molar-refractivity contribution >= 4 is 17.6 Å². The van der Waals surface area contributed by atoms with E-state index in [0.717, 1.165) is 22.2 Å². The monoisotopic (exact) mass is 308 g/mol. The van der Waals surface area contributed by atoms with Gasteiger partial charge in [-0.25, -0.2) is 19.9 Å². The van der Waals surface area contributed by atoms with Crippen LogP contribution in [0, 0.1) is 6.92 Å². The highest BCUT2D eigenvalue weighted by Crippen LogP contribution is 2.30. The first-order chi connectivity index (χ1) is 9.97. The van der Waals surface area contributed by atoms with E-state index in [-0.39, 0.29) is 11.6 Å². The normalized spacial score (nSPS) is 11.1. The number of aromatic amines is 1. The molecule has 0 spiro atoms. The molecule has 0 aliphatic heterocycles. The molecule has 2 rings (SSSR count). The smallest absolute Gasteiger partial charge is 0.343 e. The standard InChI is InChI=1S/C13H20N6OS/c1-6-19-12(20)17-18-13(19)21-11-8(4)10(14-5)15-9(16-11)7(2)3/h7H,6H2,1-5H3,(H,17,20)(H,14,15,16). The third kappa shape index (κ3) is 3.10. The summed E-state index contributed by atoms with van der Waals surface area (Å²) in [7, 11) is 1.84. The lowest BCUT2D eigenvalue weighted by atomic mass is 10.2. The number of aromatic nitrogens is 5. The summed E-state index contributed by atoms with van der Waals surface area (Å²) in [5.74, 6) is 1.80. The fourth-order valence-corrected chi connectivity index (χ4v) is 2.84. The van der Waals surface area contributed by atoms with Gasteiger partial charge in [-0.15, -0.1) is 5.10 Å². The van der Waals surface area contributed by atoms with Crippen LogP contribution in [-0.4, -0.2) is 31.8 Å². The molecule has 0 bridgehead atoms. The predicted octanol–water partition coefficient (Wildman–Crippen LogP) is 2.01. The van der Waals surface area contributed by atoms with Crippen molar-refractivity contribution < 1.29 is 0 Å². The molecule has 2 N–H and O–H groups in total. The molecular formula is C13H20N6OS. The van der Waals surface area contributed by atoms with E-state index < -0.39 is 0 Å². The predicted molar refractivity (Wildman–Crippen MR) is 83.0 cm³/mol. The molecule has 0 aliphatic rings. The minimum atomic E-state index is -0.204. The summed E-state index contributed by atoms with van der Waals surface area (Å²) in [6, 6.07) is 0. The average Bonchev–Trinajstić information content (AvgIpc) is 2.80. The van der Waals surface area contributed by atoms with Crippen LogP contribution in [0.1, 0.15) is 38.1 Å². The topological polar surface area (TPSA) is 88.5 Å². The van der Waals surface area contributed by atoms with Crippen molar-refractivity contribution in [3.8, 4) is 0 Å². The van der Waals surface area contributed by atoms with Gasteiger partial charge >= 0.3 is 5.69 Å². The average molecular weight is 308 g/mol. The zero-order valence-electron chi connectivity index (χ0n) is 12.9. The highest BCUT2D eigenvalue weighted by atomic mass is 32.2. The molecule has 0 aliphatic carbocycles. The number of anilines is 1. The van der Waals surface area contributed by atoms with Gasteiger partial charge in [0.2, 0.25) is 0 Å². The van der Waals surface area contributed by atoms with E-state index in [1.54, 1.807) is 4.57 Å². The van der Waals surface area contributed by atoms with Crippen molar-refractivity contribution in [3.05, 3.63) is 21.9 Å². The Bertz CT molecular complexity index is 690. The fraction of sp³-hybridized carbons (Fsp3) is 0.538. The molecule has 2 aromatic heterocycles. The summed E-state index contributed by atoms with van der Waals surface area (Å²) >= 11 is 1.38. The summed E-state index contributed by atoms with van der Waals surface area (Å²) < 4.78 is 1.58. The molecule has 0 saturated carbocycles. The number of nitrogens with one attached hydrogen (secondary N) is 2. The second kappa shape index (κ2) is 6.30. The Hall–Kier alpha value is -1.83. The van der Waals surface area contributed by atoms with Gasteiger partial charge in [0.15, 0.2) is 5.16 Å². The number of hydrogen-bond donors (Lipinski definition) is 2. The maximum Gasteiger partial charge on any atom is 0.343 e. The Morgan fingerprint density at radius 3 is 2.67 bits per heavy atom. The van der Waals surface area contributed by atoms with Gasteiger partial charge in [-0.2, -0.15) is 0 Å². The van der Waals surface area contributed by atoms with Gasteiger partial charge in [0.1, 0.15) is 16.7 Å². The summed E-state index contributed by atoms with van der Waals surface area (Å²) in [5.41, 5.74) is 0.745. The molecule has 21 heavy (non-hydrogen) atoms. The molecule has 0 fully saturated rings. The third-order valence-corrected chi connectivity index (χ3v) is 4.18. The second-order valence-corrected chi connectivity index (χ2v) is 5.88. The summed E-state index contributed by atoms with van der Waals surface area (Å²) in [6.07, 6.45) is 0. The van der Waals surface area contributed by atoms with Gasteiger partial charge in [-0.1, -0.05) is 13.8 Å². The maximum atomic E-state index is 11.6. The summed E-state index contributed by atoms with van der Waals surface area (Å²) in [5, 5.41) is 11.0. The van der Waals surface area contributed by atoms with Crippen LogP contribution >= 0.6 is 11.8 Å². The Morgan fingerprint density at radius 2 is 2.10 bits per heavy atom. The minimum Gasteiger partial charge on any atom is -0.373 e. The fourth-order valence-electron chi connectivity index (χ4n) is 1.86. The largest absolute Gasteiger partial charge is 0.373 e. The highest BCUT2D eigenvalue weighted by Gasteiger charge is 2.16. The Balaban J connectivity index is 2.47.